The fourth-order valence-electron chi connectivity index (χ4n) is 3.41. The van der Waals surface area contributed by atoms with Gasteiger partial charge in [0.2, 0.25) is 0 Å². The van der Waals surface area contributed by atoms with Gasteiger partial charge in [-0.3, -0.25) is 9.71 Å². The largest absolute Gasteiger partial charge is 0.465 e. The minimum atomic E-state index is -3.99. The van der Waals surface area contributed by atoms with Gasteiger partial charge in [-0.2, -0.15) is 0 Å². The number of sulfonamides is 1. The number of hydrogen-bond donors (Lipinski definition) is 1. The van der Waals surface area contributed by atoms with Crippen LogP contribution in [-0.4, -0.2) is 26.5 Å². The molecule has 0 aliphatic heterocycles. The third kappa shape index (κ3) is 5.07. The Morgan fingerprint density at radius 1 is 0.853 bits per heavy atom. The number of esters is 1. The first kappa shape index (κ1) is 23.0. The molecule has 0 aliphatic rings. The Bertz CT molecular complexity index is 1410. The smallest absolute Gasteiger partial charge is 0.340 e. The molecule has 8 heteroatoms. The molecule has 0 atom stereocenters. The highest BCUT2D eigenvalue weighted by molar-refractivity contribution is 7.92. The van der Waals surface area contributed by atoms with Gasteiger partial charge in [-0.15, -0.1) is 0 Å². The first-order valence-corrected chi connectivity index (χ1v) is 11.8. The zero-order valence-corrected chi connectivity index (χ0v) is 19.4. The number of benzene rings is 3. The van der Waals surface area contributed by atoms with E-state index in [0.717, 1.165) is 11.1 Å². The van der Waals surface area contributed by atoms with Crippen molar-refractivity contribution in [1.82, 2.24) is 4.98 Å². The molecule has 172 valence electrons. The van der Waals surface area contributed by atoms with Gasteiger partial charge in [0.1, 0.15) is 11.5 Å². The Morgan fingerprint density at radius 2 is 1.50 bits per heavy atom. The minimum Gasteiger partial charge on any atom is -0.465 e. The molecule has 0 radical (unpaired) electrons. The number of anilines is 1. The number of pyridine rings is 1. The average molecular weight is 475 g/mol. The molecule has 4 aromatic rings. The number of carbonyl (C=O) groups is 1. The molecule has 0 fully saturated rings. The van der Waals surface area contributed by atoms with E-state index in [1.807, 2.05) is 36.4 Å². The maximum Gasteiger partial charge on any atom is 0.340 e. The van der Waals surface area contributed by atoms with Crippen LogP contribution in [0.2, 0.25) is 0 Å². The van der Waals surface area contributed by atoms with E-state index >= 15 is 0 Å². The van der Waals surface area contributed by atoms with Crippen molar-refractivity contribution in [3.63, 3.8) is 0 Å². The molecule has 1 N–H and O–H groups in total. The molecule has 0 spiro atoms. The van der Waals surface area contributed by atoms with Crippen LogP contribution in [0.15, 0.2) is 96.2 Å². The Hall–Kier alpha value is -4.17. The lowest BCUT2D eigenvalue weighted by atomic mass is 9.98. The average Bonchev–Trinajstić information content (AvgIpc) is 2.86. The van der Waals surface area contributed by atoms with E-state index in [2.05, 4.69) is 9.71 Å². The van der Waals surface area contributed by atoms with Crippen LogP contribution >= 0.6 is 0 Å². The monoisotopic (exact) mass is 474 g/mol. The van der Waals surface area contributed by atoms with Crippen LogP contribution in [0.1, 0.15) is 15.9 Å². The highest BCUT2D eigenvalue weighted by Crippen LogP contribution is 2.31. The number of hydrogen-bond acceptors (Lipinski definition) is 6. The summed E-state index contributed by atoms with van der Waals surface area (Å²) in [6, 6.07) is 22.3. The molecular formula is C26H22N2O5S. The van der Waals surface area contributed by atoms with Crippen LogP contribution < -0.4 is 9.46 Å². The third-order valence-electron chi connectivity index (χ3n) is 5.10. The molecule has 0 saturated heterocycles. The number of ether oxygens (including phenoxy) is 2. The molecule has 1 heterocycles. The summed E-state index contributed by atoms with van der Waals surface area (Å²) in [6.07, 6.45) is 3.20. The summed E-state index contributed by atoms with van der Waals surface area (Å²) in [5.74, 6) is 0.420. The van der Waals surface area contributed by atoms with E-state index in [9.17, 15) is 13.2 Å². The van der Waals surface area contributed by atoms with Gasteiger partial charge in [0, 0.05) is 12.4 Å². The lowest BCUT2D eigenvalue weighted by molar-refractivity contribution is 0.0602. The van der Waals surface area contributed by atoms with E-state index in [-0.39, 0.29) is 16.1 Å². The van der Waals surface area contributed by atoms with E-state index < -0.39 is 16.0 Å². The van der Waals surface area contributed by atoms with Crippen LogP contribution in [0.4, 0.5) is 5.69 Å². The van der Waals surface area contributed by atoms with Gasteiger partial charge in [-0.05, 0) is 72.1 Å². The van der Waals surface area contributed by atoms with Gasteiger partial charge in [0.25, 0.3) is 10.0 Å². The molecular weight excluding hydrogens is 452 g/mol. The summed E-state index contributed by atoms with van der Waals surface area (Å²) < 4.78 is 39.4. The van der Waals surface area contributed by atoms with Crippen molar-refractivity contribution in [2.45, 2.75) is 11.8 Å². The number of methoxy groups -OCH3 is 1. The molecule has 3 aromatic carbocycles. The Kier molecular flexibility index (Phi) is 6.60. The van der Waals surface area contributed by atoms with Crippen molar-refractivity contribution >= 4 is 21.7 Å². The zero-order valence-electron chi connectivity index (χ0n) is 18.6. The Morgan fingerprint density at radius 3 is 2.15 bits per heavy atom. The van der Waals surface area contributed by atoms with E-state index in [1.165, 1.54) is 19.2 Å². The molecule has 0 aliphatic carbocycles. The third-order valence-corrected chi connectivity index (χ3v) is 6.47. The fourth-order valence-corrected chi connectivity index (χ4v) is 4.57. The van der Waals surface area contributed by atoms with Gasteiger partial charge in [-0.25, -0.2) is 13.2 Å². The molecule has 0 saturated carbocycles. The maximum absolute atomic E-state index is 13.1. The SMILES string of the molecule is COC(=O)c1cc(-c2ccccc2)cc(C)c1NS(=O)(=O)c1ccc(Oc2ccncc2)cc1. The minimum absolute atomic E-state index is 0.0249. The lowest BCUT2D eigenvalue weighted by Gasteiger charge is -2.16. The molecule has 0 bridgehead atoms. The first-order valence-electron chi connectivity index (χ1n) is 10.4. The van der Waals surface area contributed by atoms with E-state index in [1.54, 1.807) is 49.6 Å². The van der Waals surface area contributed by atoms with Crippen LogP contribution in [-0.2, 0) is 14.8 Å². The zero-order chi connectivity index (χ0) is 24.1. The van der Waals surface area contributed by atoms with Gasteiger partial charge >= 0.3 is 5.97 Å². The predicted octanol–water partition coefficient (Wildman–Crippen LogP) is 5.44. The second-order valence-corrected chi connectivity index (χ2v) is 9.12. The summed E-state index contributed by atoms with van der Waals surface area (Å²) in [5, 5.41) is 0. The summed E-state index contributed by atoms with van der Waals surface area (Å²) in [5.41, 5.74) is 2.56. The molecule has 1 aromatic heterocycles. The van der Waals surface area contributed by atoms with E-state index in [4.69, 9.17) is 9.47 Å². The Balaban J connectivity index is 1.65. The van der Waals surface area contributed by atoms with Crippen LogP contribution in [0.3, 0.4) is 0 Å². The molecule has 0 amide bonds. The van der Waals surface area contributed by atoms with Gasteiger partial charge < -0.3 is 9.47 Å². The van der Waals surface area contributed by atoms with Crippen molar-refractivity contribution in [3.8, 4) is 22.6 Å². The van der Waals surface area contributed by atoms with Crippen LogP contribution in [0.25, 0.3) is 11.1 Å². The maximum atomic E-state index is 13.1. The second kappa shape index (κ2) is 9.76. The number of carbonyl (C=O) groups excluding carboxylic acids is 1. The highest BCUT2D eigenvalue weighted by Gasteiger charge is 2.22. The fraction of sp³-hybridized carbons (Fsp3) is 0.0769. The topological polar surface area (TPSA) is 94.6 Å². The normalized spacial score (nSPS) is 11.0. The van der Waals surface area contributed by atoms with Crippen molar-refractivity contribution in [2.24, 2.45) is 0 Å². The van der Waals surface area contributed by atoms with Crippen LogP contribution in [0, 0.1) is 6.92 Å². The highest BCUT2D eigenvalue weighted by atomic mass is 32.2. The molecule has 4 rings (SSSR count). The molecule has 7 nitrogen and oxygen atoms in total. The van der Waals surface area contributed by atoms with Crippen molar-refractivity contribution < 1.29 is 22.7 Å². The molecule has 0 unspecified atom stereocenters. The first-order chi connectivity index (χ1) is 16.4. The number of nitrogens with one attached hydrogen (secondary N) is 1. The quantitative estimate of drug-likeness (QED) is 0.359. The van der Waals surface area contributed by atoms with Gasteiger partial charge in [0.15, 0.2) is 0 Å². The summed E-state index contributed by atoms with van der Waals surface area (Å²) in [7, 11) is -2.73. The lowest BCUT2D eigenvalue weighted by Crippen LogP contribution is -2.17. The molecule has 34 heavy (non-hydrogen) atoms. The second-order valence-electron chi connectivity index (χ2n) is 7.44. The number of rotatable bonds is 7. The standard InChI is InChI=1S/C26H22N2O5S/c1-18-16-20(19-6-4-3-5-7-19)17-24(26(29)32-2)25(18)28-34(30,31)23-10-8-21(9-11-23)33-22-12-14-27-15-13-22/h3-17,28H,1-2H3. The van der Waals surface area contributed by atoms with E-state index in [0.29, 0.717) is 17.1 Å². The van der Waals surface area contributed by atoms with Crippen molar-refractivity contribution in [1.29, 1.82) is 0 Å². The number of aryl methyl sites for hydroxylation is 1. The van der Waals surface area contributed by atoms with Gasteiger partial charge in [0.05, 0.1) is 23.3 Å². The predicted molar refractivity (Wildman–Crippen MR) is 130 cm³/mol. The number of nitrogens with zero attached hydrogens (tertiary/aromatic N) is 1. The Labute approximate surface area is 198 Å². The van der Waals surface area contributed by atoms with Crippen LogP contribution in [0.5, 0.6) is 11.5 Å². The summed E-state index contributed by atoms with van der Waals surface area (Å²) >= 11 is 0. The van der Waals surface area contributed by atoms with Gasteiger partial charge in [-0.1, -0.05) is 30.3 Å². The summed E-state index contributed by atoms with van der Waals surface area (Å²) in [6.45, 7) is 1.74. The summed E-state index contributed by atoms with van der Waals surface area (Å²) in [4.78, 5) is 16.5. The number of aromatic nitrogens is 1. The van der Waals surface area contributed by atoms with Crippen molar-refractivity contribution in [2.75, 3.05) is 11.8 Å². The van der Waals surface area contributed by atoms with Crippen molar-refractivity contribution in [3.05, 3.63) is 102 Å².